The molecule has 0 aromatic rings. The van der Waals surface area contributed by atoms with Crippen LogP contribution in [-0.2, 0) is 33.2 Å². The lowest BCUT2D eigenvalue weighted by Gasteiger charge is -2.71. The van der Waals surface area contributed by atoms with Gasteiger partial charge in [-0.1, -0.05) is 53.2 Å². The molecule has 17 heteroatoms. The zero-order valence-corrected chi connectivity index (χ0v) is 38.5. The lowest BCUT2D eigenvalue weighted by Crippen LogP contribution is -2.67. The first-order valence-corrected chi connectivity index (χ1v) is 23.7. The molecule has 3 heterocycles. The first kappa shape index (κ1) is 49.0. The number of fused-ring (bicyclic) bond motifs is 7. The Morgan fingerprint density at radius 2 is 1.41 bits per heavy atom. The van der Waals surface area contributed by atoms with E-state index >= 15 is 0 Å². The summed E-state index contributed by atoms with van der Waals surface area (Å²) >= 11 is 0. The van der Waals surface area contributed by atoms with Crippen molar-refractivity contribution < 1.29 is 84.3 Å². The van der Waals surface area contributed by atoms with E-state index in [9.17, 15) is 55.9 Å². The van der Waals surface area contributed by atoms with E-state index in [1.54, 1.807) is 0 Å². The molecule has 23 atom stereocenters. The van der Waals surface area contributed by atoms with E-state index in [2.05, 4.69) is 40.7 Å². The molecule has 10 N–H and O–H groups in total. The maximum Gasteiger partial charge on any atom is 0.310 e. The third kappa shape index (κ3) is 7.49. The molecule has 17 nitrogen and oxygen atoms in total. The number of carbonyl (C=O) groups is 1. The first-order chi connectivity index (χ1) is 29.9. The number of carboxylic acid groups (broad SMARTS) is 1. The first-order valence-electron chi connectivity index (χ1n) is 23.7. The zero-order valence-electron chi connectivity index (χ0n) is 38.5. The van der Waals surface area contributed by atoms with Crippen LogP contribution in [0.25, 0.3) is 0 Å². The zero-order chi connectivity index (χ0) is 46.7. The Balaban J connectivity index is 0.967. The van der Waals surface area contributed by atoms with Crippen molar-refractivity contribution in [2.45, 2.75) is 205 Å². The highest BCUT2D eigenvalue weighted by atomic mass is 16.8. The molecular weight excluding hydrogens is 837 g/mol. The third-order valence-electron chi connectivity index (χ3n) is 19.1. The van der Waals surface area contributed by atoms with Gasteiger partial charge in [-0.15, -0.1) is 0 Å². The molecule has 64 heavy (non-hydrogen) atoms. The quantitative estimate of drug-likeness (QED) is 0.116. The van der Waals surface area contributed by atoms with Gasteiger partial charge in [0.05, 0.1) is 37.4 Å². The van der Waals surface area contributed by atoms with Gasteiger partial charge in [0.2, 0.25) is 0 Å². The molecule has 5 aliphatic carbocycles. The van der Waals surface area contributed by atoms with Crippen molar-refractivity contribution in [3.8, 4) is 0 Å². The van der Waals surface area contributed by atoms with Crippen LogP contribution < -0.4 is 0 Å². The van der Waals surface area contributed by atoms with Crippen LogP contribution in [0.3, 0.4) is 0 Å². The summed E-state index contributed by atoms with van der Waals surface area (Å²) in [6, 6.07) is 0. The number of aliphatic carboxylic acids is 1. The van der Waals surface area contributed by atoms with Gasteiger partial charge in [0.25, 0.3) is 0 Å². The third-order valence-corrected chi connectivity index (χ3v) is 19.1. The number of aliphatic hydroxyl groups is 9. The smallest absolute Gasteiger partial charge is 0.310 e. The van der Waals surface area contributed by atoms with Gasteiger partial charge < -0.3 is 79.5 Å². The average molecular weight is 913 g/mol. The fourth-order valence-electron chi connectivity index (χ4n) is 14.8. The minimum atomic E-state index is -1.78. The number of hydrogen-bond acceptors (Lipinski definition) is 16. The highest BCUT2D eigenvalue weighted by Crippen LogP contribution is 2.76. The second-order valence-electron chi connectivity index (χ2n) is 22.9. The van der Waals surface area contributed by atoms with Gasteiger partial charge in [-0.3, -0.25) is 4.79 Å². The van der Waals surface area contributed by atoms with Crippen LogP contribution in [-0.4, -0.2) is 169 Å². The van der Waals surface area contributed by atoms with Crippen molar-refractivity contribution >= 4 is 5.97 Å². The molecule has 7 fully saturated rings. The maximum atomic E-state index is 13.1. The largest absolute Gasteiger partial charge is 0.481 e. The van der Waals surface area contributed by atoms with Crippen molar-refractivity contribution in [3.63, 3.8) is 0 Å². The molecule has 366 valence electrons. The number of aliphatic hydroxyl groups excluding tert-OH is 9. The van der Waals surface area contributed by atoms with Gasteiger partial charge in [-0.2, -0.15) is 0 Å². The molecule has 0 radical (unpaired) electrons. The topological polar surface area (TPSA) is 275 Å². The molecule has 0 unspecified atom stereocenters. The van der Waals surface area contributed by atoms with Gasteiger partial charge in [0.1, 0.15) is 61.0 Å². The van der Waals surface area contributed by atoms with E-state index in [-0.39, 0.29) is 52.6 Å². The van der Waals surface area contributed by atoms with Crippen LogP contribution in [0.4, 0.5) is 0 Å². The molecule has 8 aliphatic rings. The average Bonchev–Trinajstić information content (AvgIpc) is 3.24. The number of rotatable bonds is 9. The fourth-order valence-corrected chi connectivity index (χ4v) is 14.8. The summed E-state index contributed by atoms with van der Waals surface area (Å²) in [5, 5.41) is 108. The Labute approximate surface area is 376 Å². The SMILES string of the molecule is C[C@@H]1O[C@@H](O[C@H]2[C@H](O[C@H]3CO[C@@H](O[C@H]4CC[C@@]5(C)[C@@H](CC[C@]6(C)[C@@H]5CC=C5[C@@H]7CC(C)(C)CC[C@]7(C(=O)O)CC[C@]56C)[C@]4(C)CO)[C@H](O)[C@H]3O)O[C@H](CO)[C@@H](O)[C@@H]2O)[C@H](O)[C@H](O)[C@H]1O. The van der Waals surface area contributed by atoms with Gasteiger partial charge in [-0.05, 0) is 111 Å². The summed E-state index contributed by atoms with van der Waals surface area (Å²) in [6.07, 6.45) is -11.6. The van der Waals surface area contributed by atoms with Gasteiger partial charge in [0, 0.05) is 5.41 Å². The summed E-state index contributed by atoms with van der Waals surface area (Å²) in [5.74, 6) is -0.333. The van der Waals surface area contributed by atoms with Gasteiger partial charge >= 0.3 is 5.97 Å². The summed E-state index contributed by atoms with van der Waals surface area (Å²) in [4.78, 5) is 13.1. The van der Waals surface area contributed by atoms with E-state index in [4.69, 9.17) is 28.4 Å². The maximum absolute atomic E-state index is 13.1. The number of hydrogen-bond donors (Lipinski definition) is 10. The Bertz CT molecular complexity index is 1750. The van der Waals surface area contributed by atoms with Crippen LogP contribution in [0.15, 0.2) is 11.6 Å². The lowest BCUT2D eigenvalue weighted by molar-refractivity contribution is -0.382. The second-order valence-corrected chi connectivity index (χ2v) is 22.9. The fraction of sp³-hybridized carbons (Fsp3) is 0.936. The predicted octanol–water partition coefficient (Wildman–Crippen LogP) is 1.35. The minimum Gasteiger partial charge on any atom is -0.481 e. The molecule has 4 saturated carbocycles. The molecule has 3 saturated heterocycles. The summed E-state index contributed by atoms with van der Waals surface area (Å²) in [7, 11) is 0. The summed E-state index contributed by atoms with van der Waals surface area (Å²) in [6.45, 7) is 14.0. The van der Waals surface area contributed by atoms with Crippen LogP contribution in [0, 0.1) is 50.2 Å². The van der Waals surface area contributed by atoms with E-state index in [0.717, 1.165) is 44.9 Å². The standard InChI is InChI=1S/C47H76O17/c1-22-30(50)33(53)36(56)39(60-22)64-37-34(54)31(51)25(19-48)61-40(37)62-26-20-59-38(35(55)32(26)52)63-29-11-12-43(4)27(44(29,5)21-49)10-13-46(7)28(43)9-8-23-24-18-42(2,3)14-16-47(24,41(57)58)17-15-45(23,46)6/h8,22,24-40,48-56H,9-21H2,1-7H3,(H,57,58)/t22-,24-,25+,26-,27+,28+,29-,30-,31+,32-,33+,34-,35+,36+,37+,38-,39-,40-,43-,44-,45+,46+,47-/m0/s1. The van der Waals surface area contributed by atoms with Crippen molar-refractivity contribution in [3.05, 3.63) is 11.6 Å². The minimum absolute atomic E-state index is 0.00625. The Morgan fingerprint density at radius 1 is 0.719 bits per heavy atom. The van der Waals surface area contributed by atoms with E-state index in [1.165, 1.54) is 12.5 Å². The molecule has 0 amide bonds. The van der Waals surface area contributed by atoms with E-state index in [0.29, 0.717) is 19.3 Å². The highest BCUT2D eigenvalue weighted by Gasteiger charge is 2.70. The molecule has 0 aromatic heterocycles. The Morgan fingerprint density at radius 3 is 2.08 bits per heavy atom. The number of ether oxygens (including phenoxy) is 6. The van der Waals surface area contributed by atoms with Gasteiger partial charge in [-0.25, -0.2) is 0 Å². The monoisotopic (exact) mass is 913 g/mol. The molecule has 0 aromatic carbocycles. The van der Waals surface area contributed by atoms with Crippen molar-refractivity contribution in [2.75, 3.05) is 19.8 Å². The Hall–Kier alpha value is -1.39. The van der Waals surface area contributed by atoms with Crippen LogP contribution in [0.2, 0.25) is 0 Å². The molecule has 3 aliphatic heterocycles. The van der Waals surface area contributed by atoms with Crippen molar-refractivity contribution in [1.29, 1.82) is 0 Å². The normalized spacial score (nSPS) is 55.0. The van der Waals surface area contributed by atoms with Crippen LogP contribution in [0.5, 0.6) is 0 Å². The summed E-state index contributed by atoms with van der Waals surface area (Å²) in [5.41, 5.74) is -0.496. The second kappa shape index (κ2) is 17.2. The molecule has 0 spiro atoms. The molecule has 8 rings (SSSR count). The molecular formula is C47H76O17. The highest BCUT2D eigenvalue weighted by molar-refractivity contribution is 5.76. The number of allylic oxidation sites excluding steroid dienone is 2. The van der Waals surface area contributed by atoms with Gasteiger partial charge in [0.15, 0.2) is 18.9 Å². The van der Waals surface area contributed by atoms with E-state index < -0.39 is 116 Å². The Kier molecular flexibility index (Phi) is 13.2. The van der Waals surface area contributed by atoms with E-state index in [1.807, 2.05) is 6.92 Å². The predicted molar refractivity (Wildman–Crippen MR) is 225 cm³/mol. The van der Waals surface area contributed by atoms with Crippen LogP contribution in [0.1, 0.15) is 113 Å². The number of carboxylic acids is 1. The van der Waals surface area contributed by atoms with Crippen molar-refractivity contribution in [2.24, 2.45) is 50.2 Å². The molecule has 0 bridgehead atoms. The summed E-state index contributed by atoms with van der Waals surface area (Å²) < 4.78 is 35.8. The lowest BCUT2D eigenvalue weighted by atomic mass is 9.33. The van der Waals surface area contributed by atoms with Crippen molar-refractivity contribution in [1.82, 2.24) is 0 Å². The van der Waals surface area contributed by atoms with Crippen LogP contribution >= 0.6 is 0 Å².